The van der Waals surface area contributed by atoms with Gasteiger partial charge in [-0.25, -0.2) is 8.42 Å². The van der Waals surface area contributed by atoms with Crippen molar-refractivity contribution in [2.75, 3.05) is 33.4 Å². The lowest BCUT2D eigenvalue weighted by Crippen LogP contribution is -2.40. The summed E-state index contributed by atoms with van der Waals surface area (Å²) < 4.78 is 37.6. The minimum Gasteiger partial charge on any atom is -0.496 e. The first-order chi connectivity index (χ1) is 13.4. The number of nitrogens with zero attached hydrogens (tertiary/aromatic N) is 1. The summed E-state index contributed by atoms with van der Waals surface area (Å²) in [6.45, 7) is 3.81. The molecule has 1 N–H and O–H groups in total. The minimum atomic E-state index is -3.50. The third-order valence-corrected chi connectivity index (χ3v) is 7.90. The molecule has 1 fully saturated rings. The molecule has 152 valence electrons. The second-order valence-electron chi connectivity index (χ2n) is 6.51. The van der Waals surface area contributed by atoms with E-state index in [0.717, 1.165) is 16.0 Å². The Kier molecular flexibility index (Phi) is 6.71. The van der Waals surface area contributed by atoms with Crippen LogP contribution in [0.15, 0.2) is 34.5 Å². The summed E-state index contributed by atoms with van der Waals surface area (Å²) in [6.07, 6.45) is 0.204. The molecule has 0 radical (unpaired) electrons. The Bertz CT molecular complexity index is 934. The van der Waals surface area contributed by atoms with Crippen molar-refractivity contribution in [3.63, 3.8) is 0 Å². The van der Waals surface area contributed by atoms with E-state index in [4.69, 9.17) is 9.47 Å². The van der Waals surface area contributed by atoms with Gasteiger partial charge in [0.2, 0.25) is 5.91 Å². The molecule has 1 aliphatic heterocycles. The highest BCUT2D eigenvalue weighted by Gasteiger charge is 2.27. The molecule has 1 aromatic heterocycles. The molecule has 1 aromatic carbocycles. The molecule has 2 aromatic rings. The van der Waals surface area contributed by atoms with Crippen LogP contribution in [0.3, 0.4) is 0 Å². The van der Waals surface area contributed by atoms with Crippen LogP contribution in [-0.4, -0.2) is 52.0 Å². The summed E-state index contributed by atoms with van der Waals surface area (Å²) in [5, 5.41) is 2.85. The highest BCUT2D eigenvalue weighted by atomic mass is 32.2. The van der Waals surface area contributed by atoms with Gasteiger partial charge in [0, 0.05) is 23.5 Å². The lowest BCUT2D eigenvalue weighted by Gasteiger charge is -2.25. The maximum Gasteiger partial charge on any atom is 0.252 e. The number of morpholine rings is 1. The fraction of sp³-hybridized carbons (Fsp3) is 0.421. The number of methoxy groups -OCH3 is 1. The molecule has 0 saturated carbocycles. The quantitative estimate of drug-likeness (QED) is 0.734. The van der Waals surface area contributed by atoms with Crippen molar-refractivity contribution in [1.29, 1.82) is 0 Å². The molecule has 2 heterocycles. The average molecular weight is 425 g/mol. The summed E-state index contributed by atoms with van der Waals surface area (Å²) in [5.74, 6) is 0.533. The summed E-state index contributed by atoms with van der Waals surface area (Å²) in [5.41, 5.74) is 1.88. The van der Waals surface area contributed by atoms with Crippen molar-refractivity contribution in [1.82, 2.24) is 9.62 Å². The third-order valence-electron chi connectivity index (χ3n) is 4.45. The lowest BCUT2D eigenvalue weighted by atomic mass is 10.1. The maximum atomic E-state index is 12.7. The number of ether oxygens (including phenoxy) is 2. The smallest absolute Gasteiger partial charge is 0.252 e. The lowest BCUT2D eigenvalue weighted by molar-refractivity contribution is -0.120. The van der Waals surface area contributed by atoms with Gasteiger partial charge in [-0.1, -0.05) is 17.7 Å². The molecule has 0 bridgehead atoms. The van der Waals surface area contributed by atoms with Crippen LogP contribution in [0.1, 0.15) is 16.0 Å². The van der Waals surface area contributed by atoms with Gasteiger partial charge in [0.05, 0.1) is 33.3 Å². The van der Waals surface area contributed by atoms with Crippen LogP contribution in [0.2, 0.25) is 0 Å². The Morgan fingerprint density at radius 2 is 2.00 bits per heavy atom. The van der Waals surface area contributed by atoms with Gasteiger partial charge in [0.1, 0.15) is 9.96 Å². The van der Waals surface area contributed by atoms with Crippen molar-refractivity contribution in [3.8, 4) is 5.75 Å². The van der Waals surface area contributed by atoms with Crippen molar-refractivity contribution in [2.45, 2.75) is 24.1 Å². The SMILES string of the molecule is COc1ccc(C)cc1CC(=O)NCc1ccc(S(=O)(=O)N2CCOCC2)s1. The minimum absolute atomic E-state index is 0.144. The van der Waals surface area contributed by atoms with E-state index in [-0.39, 0.29) is 18.9 Å². The van der Waals surface area contributed by atoms with E-state index in [1.54, 1.807) is 19.2 Å². The molecule has 0 atom stereocenters. The topological polar surface area (TPSA) is 84.9 Å². The Hall–Kier alpha value is -1.94. The first kappa shape index (κ1) is 20.8. The first-order valence-corrected chi connectivity index (χ1v) is 11.2. The average Bonchev–Trinajstić information content (AvgIpc) is 3.17. The van der Waals surface area contributed by atoms with Crippen LogP contribution < -0.4 is 10.1 Å². The Balaban J connectivity index is 1.60. The molecule has 1 saturated heterocycles. The van der Waals surface area contributed by atoms with Gasteiger partial charge in [-0.3, -0.25) is 4.79 Å². The molecule has 1 amide bonds. The van der Waals surface area contributed by atoms with Gasteiger partial charge >= 0.3 is 0 Å². The van der Waals surface area contributed by atoms with Gasteiger partial charge in [-0.05, 0) is 25.1 Å². The van der Waals surface area contributed by atoms with Crippen LogP contribution in [0, 0.1) is 6.92 Å². The molecule has 7 nitrogen and oxygen atoms in total. The van der Waals surface area contributed by atoms with Gasteiger partial charge in [0.25, 0.3) is 10.0 Å². The molecule has 0 spiro atoms. The van der Waals surface area contributed by atoms with Crippen molar-refractivity contribution in [2.24, 2.45) is 0 Å². The zero-order valence-electron chi connectivity index (χ0n) is 15.9. The highest BCUT2D eigenvalue weighted by Crippen LogP contribution is 2.26. The molecule has 0 aliphatic carbocycles. The van der Waals surface area contributed by atoms with Gasteiger partial charge in [-0.15, -0.1) is 11.3 Å². The van der Waals surface area contributed by atoms with Crippen molar-refractivity contribution >= 4 is 27.3 Å². The fourth-order valence-corrected chi connectivity index (χ4v) is 5.83. The number of amides is 1. The van der Waals surface area contributed by atoms with Crippen LogP contribution >= 0.6 is 11.3 Å². The van der Waals surface area contributed by atoms with E-state index in [0.29, 0.717) is 36.3 Å². The standard InChI is InChI=1S/C19H24N2O5S2/c1-14-3-5-17(25-2)15(11-14)12-18(22)20-13-16-4-6-19(27-16)28(23,24)21-7-9-26-10-8-21/h3-6,11H,7-10,12-13H2,1-2H3,(H,20,22). The Morgan fingerprint density at radius 1 is 1.25 bits per heavy atom. The van der Waals surface area contributed by atoms with Crippen molar-refractivity contribution < 1.29 is 22.7 Å². The molecule has 1 aliphatic rings. The number of thiophene rings is 1. The zero-order valence-corrected chi connectivity index (χ0v) is 17.6. The van der Waals surface area contributed by atoms with E-state index in [9.17, 15) is 13.2 Å². The molecular weight excluding hydrogens is 400 g/mol. The number of carbonyl (C=O) groups excluding carboxylic acids is 1. The molecule has 3 rings (SSSR count). The second-order valence-corrected chi connectivity index (χ2v) is 9.84. The fourth-order valence-electron chi connectivity index (χ4n) is 2.97. The van der Waals surface area contributed by atoms with Crippen LogP contribution in [0.25, 0.3) is 0 Å². The number of hydrogen-bond acceptors (Lipinski definition) is 6. The Morgan fingerprint density at radius 3 is 2.71 bits per heavy atom. The molecule has 9 heteroatoms. The van der Waals surface area contributed by atoms with E-state index in [2.05, 4.69) is 5.32 Å². The monoisotopic (exact) mass is 424 g/mol. The summed E-state index contributed by atoms with van der Waals surface area (Å²) in [4.78, 5) is 13.1. The van der Waals surface area contributed by atoms with Crippen LogP contribution in [0.5, 0.6) is 5.75 Å². The van der Waals surface area contributed by atoms with E-state index in [1.165, 1.54) is 15.6 Å². The highest BCUT2D eigenvalue weighted by molar-refractivity contribution is 7.91. The van der Waals surface area contributed by atoms with Crippen LogP contribution in [-0.2, 0) is 32.5 Å². The zero-order chi connectivity index (χ0) is 20.1. The number of sulfonamides is 1. The Labute approximate surface area is 169 Å². The van der Waals surface area contributed by atoms with Gasteiger partial charge in [0.15, 0.2) is 0 Å². The molecule has 28 heavy (non-hydrogen) atoms. The second kappa shape index (κ2) is 9.04. The predicted molar refractivity (Wildman–Crippen MR) is 107 cm³/mol. The first-order valence-electron chi connectivity index (χ1n) is 8.97. The predicted octanol–water partition coefficient (Wildman–Crippen LogP) is 1.94. The molecular formula is C19H24N2O5S2. The summed E-state index contributed by atoms with van der Waals surface area (Å²) in [7, 11) is -1.92. The molecule has 0 unspecified atom stereocenters. The number of rotatable bonds is 7. The van der Waals surface area contributed by atoms with Gasteiger partial charge in [-0.2, -0.15) is 4.31 Å². The van der Waals surface area contributed by atoms with E-state index in [1.807, 2.05) is 25.1 Å². The van der Waals surface area contributed by atoms with Gasteiger partial charge < -0.3 is 14.8 Å². The number of hydrogen-bond donors (Lipinski definition) is 1. The maximum absolute atomic E-state index is 12.7. The number of carbonyl (C=O) groups is 1. The van der Waals surface area contributed by atoms with E-state index < -0.39 is 10.0 Å². The number of nitrogens with one attached hydrogen (secondary N) is 1. The normalized spacial score (nSPS) is 15.4. The number of aryl methyl sites for hydroxylation is 1. The van der Waals surface area contributed by atoms with Crippen molar-refractivity contribution in [3.05, 3.63) is 46.3 Å². The summed E-state index contributed by atoms with van der Waals surface area (Å²) in [6, 6.07) is 9.05. The van der Waals surface area contributed by atoms with E-state index >= 15 is 0 Å². The number of benzene rings is 1. The largest absolute Gasteiger partial charge is 0.496 e. The third kappa shape index (κ3) is 4.91. The van der Waals surface area contributed by atoms with Crippen LogP contribution in [0.4, 0.5) is 0 Å². The summed E-state index contributed by atoms with van der Waals surface area (Å²) >= 11 is 1.18.